The number of piperidine rings is 1. The Hall–Kier alpha value is -3.78. The van der Waals surface area contributed by atoms with Gasteiger partial charge in [0.2, 0.25) is 0 Å². The molecule has 8 heteroatoms. The van der Waals surface area contributed by atoms with Crippen LogP contribution in [0.1, 0.15) is 48.3 Å². The Morgan fingerprint density at radius 2 is 1.75 bits per heavy atom. The molecular formula is C28H31N7O. The smallest absolute Gasteiger partial charge is 0.276 e. The predicted octanol–water partition coefficient (Wildman–Crippen LogP) is 4.86. The average Bonchev–Trinajstić information content (AvgIpc) is 3.60. The van der Waals surface area contributed by atoms with Crippen LogP contribution in [0.3, 0.4) is 0 Å². The summed E-state index contributed by atoms with van der Waals surface area (Å²) in [4.78, 5) is 27.0. The van der Waals surface area contributed by atoms with Gasteiger partial charge in [-0.15, -0.1) is 0 Å². The summed E-state index contributed by atoms with van der Waals surface area (Å²) in [6.45, 7) is 5.17. The van der Waals surface area contributed by atoms with E-state index in [9.17, 15) is 4.79 Å². The first-order chi connectivity index (χ1) is 17.7. The van der Waals surface area contributed by atoms with E-state index in [0.717, 1.165) is 71.8 Å². The monoisotopic (exact) mass is 481 g/mol. The maximum absolute atomic E-state index is 13.2. The summed E-state index contributed by atoms with van der Waals surface area (Å²) >= 11 is 0. The standard InChI is InChI=1S/C28H31N7O/c36-28(31-22-8-9-30-23(16-22)19-34-10-2-1-3-11-34)27-25-15-20(6-7-26(25)32-33-27)21-14-24(18-29-17-21)35-12-4-5-13-35/h6-9,14-18H,1-5,10-13,19H2,(H,32,33)(H,30,31,36). The van der Waals surface area contributed by atoms with Gasteiger partial charge in [0.15, 0.2) is 5.69 Å². The van der Waals surface area contributed by atoms with Gasteiger partial charge < -0.3 is 10.2 Å². The second-order valence-electron chi connectivity index (χ2n) is 9.79. The van der Waals surface area contributed by atoms with E-state index in [2.05, 4.69) is 41.3 Å². The molecule has 36 heavy (non-hydrogen) atoms. The highest BCUT2D eigenvalue weighted by atomic mass is 16.1. The summed E-state index contributed by atoms with van der Waals surface area (Å²) in [5, 5.41) is 11.2. The number of pyridine rings is 2. The van der Waals surface area contributed by atoms with Crippen molar-refractivity contribution in [2.75, 3.05) is 36.4 Å². The Morgan fingerprint density at radius 1 is 0.917 bits per heavy atom. The highest BCUT2D eigenvalue weighted by molar-refractivity contribution is 6.11. The summed E-state index contributed by atoms with van der Waals surface area (Å²) in [5.74, 6) is -0.238. The number of H-pyrrole nitrogens is 1. The molecule has 1 aromatic carbocycles. The zero-order chi connectivity index (χ0) is 24.3. The Labute approximate surface area is 210 Å². The minimum absolute atomic E-state index is 0.238. The highest BCUT2D eigenvalue weighted by Gasteiger charge is 2.18. The molecule has 5 heterocycles. The van der Waals surface area contributed by atoms with Crippen LogP contribution in [-0.4, -0.2) is 57.2 Å². The van der Waals surface area contributed by atoms with Gasteiger partial charge in [-0.05, 0) is 74.7 Å². The zero-order valence-corrected chi connectivity index (χ0v) is 20.4. The molecule has 2 N–H and O–H groups in total. The van der Waals surface area contributed by atoms with Gasteiger partial charge >= 0.3 is 0 Å². The molecule has 4 aromatic rings. The van der Waals surface area contributed by atoms with Crippen molar-refractivity contribution in [1.82, 2.24) is 25.1 Å². The molecule has 0 bridgehead atoms. The summed E-state index contributed by atoms with van der Waals surface area (Å²) < 4.78 is 0. The van der Waals surface area contributed by atoms with Crippen molar-refractivity contribution in [3.05, 3.63) is 66.4 Å². The molecule has 1 amide bonds. The lowest BCUT2D eigenvalue weighted by Gasteiger charge is -2.26. The van der Waals surface area contributed by atoms with Gasteiger partial charge in [-0.25, -0.2) is 0 Å². The second-order valence-corrected chi connectivity index (χ2v) is 9.79. The highest BCUT2D eigenvalue weighted by Crippen LogP contribution is 2.29. The van der Waals surface area contributed by atoms with Crippen LogP contribution in [0.2, 0.25) is 0 Å². The molecule has 2 fully saturated rings. The van der Waals surface area contributed by atoms with E-state index in [0.29, 0.717) is 5.69 Å². The molecule has 0 unspecified atom stereocenters. The van der Waals surface area contributed by atoms with Crippen LogP contribution in [0.5, 0.6) is 0 Å². The van der Waals surface area contributed by atoms with E-state index in [1.807, 2.05) is 42.7 Å². The minimum Gasteiger partial charge on any atom is -0.370 e. The van der Waals surface area contributed by atoms with Crippen LogP contribution < -0.4 is 10.2 Å². The molecule has 0 atom stereocenters. The summed E-state index contributed by atoms with van der Waals surface area (Å²) in [6, 6.07) is 12.0. The largest absolute Gasteiger partial charge is 0.370 e. The Morgan fingerprint density at radius 3 is 2.61 bits per heavy atom. The number of likely N-dealkylation sites (tertiary alicyclic amines) is 1. The fraction of sp³-hybridized carbons (Fsp3) is 0.357. The Kier molecular flexibility index (Phi) is 6.34. The molecule has 184 valence electrons. The number of nitrogens with zero attached hydrogens (tertiary/aromatic N) is 5. The second kappa shape index (κ2) is 10.1. The van der Waals surface area contributed by atoms with Crippen molar-refractivity contribution in [1.29, 1.82) is 0 Å². The SMILES string of the molecule is O=C(Nc1ccnc(CN2CCCCC2)c1)c1n[nH]c2ccc(-c3cncc(N4CCCC4)c3)cc12. The molecule has 2 saturated heterocycles. The summed E-state index contributed by atoms with van der Waals surface area (Å²) in [7, 11) is 0. The molecule has 0 saturated carbocycles. The Balaban J connectivity index is 1.22. The average molecular weight is 482 g/mol. The van der Waals surface area contributed by atoms with E-state index in [4.69, 9.17) is 0 Å². The molecule has 2 aliphatic heterocycles. The molecule has 2 aliphatic rings. The predicted molar refractivity (Wildman–Crippen MR) is 142 cm³/mol. The van der Waals surface area contributed by atoms with Crippen molar-refractivity contribution in [3.8, 4) is 11.1 Å². The topological polar surface area (TPSA) is 90.0 Å². The number of anilines is 2. The van der Waals surface area contributed by atoms with Crippen molar-refractivity contribution in [2.45, 2.75) is 38.6 Å². The lowest BCUT2D eigenvalue weighted by molar-refractivity contribution is 0.102. The molecule has 0 aliphatic carbocycles. The van der Waals surface area contributed by atoms with Crippen LogP contribution in [-0.2, 0) is 6.54 Å². The molecule has 8 nitrogen and oxygen atoms in total. The number of amides is 1. The number of hydrogen-bond donors (Lipinski definition) is 2. The number of carbonyl (C=O) groups is 1. The van der Waals surface area contributed by atoms with E-state index in [-0.39, 0.29) is 5.91 Å². The van der Waals surface area contributed by atoms with Crippen LogP contribution in [0.4, 0.5) is 11.4 Å². The maximum atomic E-state index is 13.2. The van der Waals surface area contributed by atoms with Crippen LogP contribution in [0, 0.1) is 0 Å². The molecule has 6 rings (SSSR count). The number of nitrogens with one attached hydrogen (secondary N) is 2. The van der Waals surface area contributed by atoms with E-state index < -0.39 is 0 Å². The van der Waals surface area contributed by atoms with Crippen LogP contribution >= 0.6 is 0 Å². The molecule has 0 radical (unpaired) electrons. The van der Waals surface area contributed by atoms with E-state index >= 15 is 0 Å². The summed E-state index contributed by atoms with van der Waals surface area (Å²) in [6.07, 6.45) is 11.8. The van der Waals surface area contributed by atoms with Crippen LogP contribution in [0.15, 0.2) is 55.0 Å². The fourth-order valence-electron chi connectivity index (χ4n) is 5.28. The first-order valence-corrected chi connectivity index (χ1v) is 12.9. The lowest BCUT2D eigenvalue weighted by atomic mass is 10.0. The third kappa shape index (κ3) is 4.81. The van der Waals surface area contributed by atoms with Crippen molar-refractivity contribution < 1.29 is 4.79 Å². The van der Waals surface area contributed by atoms with Gasteiger partial charge in [0.25, 0.3) is 5.91 Å². The number of benzene rings is 1. The van der Waals surface area contributed by atoms with Gasteiger partial charge in [0.05, 0.1) is 23.1 Å². The molecule has 0 spiro atoms. The minimum atomic E-state index is -0.238. The van der Waals surface area contributed by atoms with Crippen LogP contribution in [0.25, 0.3) is 22.0 Å². The number of aromatic amines is 1. The zero-order valence-electron chi connectivity index (χ0n) is 20.4. The third-order valence-corrected chi connectivity index (χ3v) is 7.22. The van der Waals surface area contributed by atoms with Gasteiger partial charge in [-0.1, -0.05) is 12.5 Å². The quantitative estimate of drug-likeness (QED) is 0.409. The summed E-state index contributed by atoms with van der Waals surface area (Å²) in [5.41, 5.74) is 6.10. The molecular weight excluding hydrogens is 450 g/mol. The third-order valence-electron chi connectivity index (χ3n) is 7.22. The van der Waals surface area contributed by atoms with Gasteiger partial charge in [0.1, 0.15) is 0 Å². The van der Waals surface area contributed by atoms with Crippen molar-refractivity contribution in [3.63, 3.8) is 0 Å². The fourth-order valence-corrected chi connectivity index (χ4v) is 5.28. The number of carbonyl (C=O) groups excluding carboxylic acids is 1. The first-order valence-electron chi connectivity index (χ1n) is 12.9. The lowest BCUT2D eigenvalue weighted by Crippen LogP contribution is -2.29. The number of hydrogen-bond acceptors (Lipinski definition) is 6. The number of rotatable bonds is 6. The molecule has 3 aromatic heterocycles. The number of aromatic nitrogens is 4. The van der Waals surface area contributed by atoms with E-state index in [1.54, 1.807) is 6.20 Å². The van der Waals surface area contributed by atoms with Crippen molar-refractivity contribution >= 4 is 28.2 Å². The van der Waals surface area contributed by atoms with Gasteiger partial charge in [-0.3, -0.25) is 24.8 Å². The first kappa shape index (κ1) is 22.7. The normalized spacial score (nSPS) is 16.5. The van der Waals surface area contributed by atoms with E-state index in [1.165, 1.54) is 32.1 Å². The van der Waals surface area contributed by atoms with Crippen molar-refractivity contribution in [2.24, 2.45) is 0 Å². The van der Waals surface area contributed by atoms with Gasteiger partial charge in [-0.2, -0.15) is 5.10 Å². The van der Waals surface area contributed by atoms with Gasteiger partial charge in [0, 0.05) is 48.7 Å². The Bertz CT molecular complexity index is 1370. The number of fused-ring (bicyclic) bond motifs is 1. The maximum Gasteiger partial charge on any atom is 0.276 e.